The van der Waals surface area contributed by atoms with Gasteiger partial charge in [0, 0.05) is 0 Å². The molecule has 0 aromatic heterocycles. The third-order valence-corrected chi connectivity index (χ3v) is 11.9. The Labute approximate surface area is 171 Å². The number of hydrogen-bond donors (Lipinski definition) is 1. The quantitative estimate of drug-likeness (QED) is 0.677. The standard InChI is InChI=1S/C15H28NSi.2C2H6N.ClH.Ti/c1-11-13(16-14(2,3)4)12(17(7,8)9)10-15(11,5)6;2*1-3-2;;/h16H,1-9H3;2*1-2H3;1H;/q;2*-1;;+3/p-1. The van der Waals surface area contributed by atoms with Crippen LogP contribution in [0.15, 0.2) is 20.3 Å². The minimum absolute atomic E-state index is 0. The Morgan fingerprint density at radius 1 is 0.960 bits per heavy atom. The summed E-state index contributed by atoms with van der Waals surface area (Å²) in [5, 5.41) is 5.58. The zero-order chi connectivity index (χ0) is 19.2. The van der Waals surface area contributed by atoms with E-state index in [1.807, 2.05) is 0 Å². The molecule has 0 radical (unpaired) electrons. The van der Waals surface area contributed by atoms with Crippen LogP contribution < -0.4 is 17.7 Å². The average Bonchev–Trinajstić information content (AvgIpc) is 2.48. The van der Waals surface area contributed by atoms with Crippen LogP contribution in [0.1, 0.15) is 41.5 Å². The van der Waals surface area contributed by atoms with Crippen LogP contribution >= 0.6 is 0 Å². The molecule has 6 heteroatoms. The SMILES string of the molecule is CC1=C(NC(C)(C)C)C([Si](C)(C)C)=[C]([Ti+]([N](C)C)[N](C)C)C1(C)C.[Cl-]. The molecule has 0 spiro atoms. The Hall–Kier alpha value is 0.421. The van der Waals surface area contributed by atoms with Crippen LogP contribution in [0.2, 0.25) is 19.6 Å². The van der Waals surface area contributed by atoms with Gasteiger partial charge in [-0.2, -0.15) is 0 Å². The van der Waals surface area contributed by atoms with Crippen LogP contribution in [0.25, 0.3) is 0 Å². The van der Waals surface area contributed by atoms with Gasteiger partial charge < -0.3 is 12.4 Å². The molecule has 25 heavy (non-hydrogen) atoms. The second-order valence-electron chi connectivity index (χ2n) is 10.1. The van der Waals surface area contributed by atoms with Gasteiger partial charge in [0.2, 0.25) is 0 Å². The van der Waals surface area contributed by atoms with Crippen LogP contribution in [-0.2, 0) is 18.4 Å². The molecule has 0 fully saturated rings. The molecule has 1 N–H and O–H groups in total. The van der Waals surface area contributed by atoms with Gasteiger partial charge in [-0.15, -0.1) is 0 Å². The molecule has 0 heterocycles. The molecule has 0 saturated heterocycles. The first-order valence-corrected chi connectivity index (χ1v) is 14.7. The van der Waals surface area contributed by atoms with E-state index in [1.54, 1.807) is 9.07 Å². The monoisotopic (exact) mass is 421 g/mol. The van der Waals surface area contributed by atoms with E-state index in [0.29, 0.717) is 0 Å². The van der Waals surface area contributed by atoms with Gasteiger partial charge in [0.05, 0.1) is 0 Å². The Balaban J connectivity index is 0.00000576. The Bertz CT molecular complexity index is 544. The van der Waals surface area contributed by atoms with Crippen molar-refractivity contribution in [2.75, 3.05) is 28.2 Å². The normalized spacial score (nSPS) is 18.2. The van der Waals surface area contributed by atoms with Gasteiger partial charge in [-0.25, -0.2) is 0 Å². The molecule has 0 atom stereocenters. The minimum atomic E-state index is -1.70. The molecular weight excluding hydrogens is 382 g/mol. The first-order valence-electron chi connectivity index (χ1n) is 8.99. The van der Waals surface area contributed by atoms with Crippen molar-refractivity contribution >= 4 is 8.07 Å². The van der Waals surface area contributed by atoms with Crippen LogP contribution in [-0.4, -0.2) is 48.6 Å². The van der Waals surface area contributed by atoms with Crippen molar-refractivity contribution in [2.45, 2.75) is 66.7 Å². The van der Waals surface area contributed by atoms with Crippen molar-refractivity contribution in [1.29, 1.82) is 0 Å². The van der Waals surface area contributed by atoms with E-state index in [0.717, 1.165) is 0 Å². The molecule has 0 unspecified atom stereocenters. The van der Waals surface area contributed by atoms with Gasteiger partial charge in [-0.1, -0.05) is 0 Å². The molecule has 1 aliphatic rings. The third kappa shape index (κ3) is 5.46. The van der Waals surface area contributed by atoms with Crippen molar-refractivity contribution in [2.24, 2.45) is 5.41 Å². The van der Waals surface area contributed by atoms with E-state index in [9.17, 15) is 0 Å². The summed E-state index contributed by atoms with van der Waals surface area (Å²) in [6.45, 7) is 21.6. The average molecular weight is 422 g/mol. The number of nitrogens with one attached hydrogen (secondary N) is 1. The number of allylic oxidation sites excluding steroid dienone is 3. The van der Waals surface area contributed by atoms with Crippen molar-refractivity contribution in [1.82, 2.24) is 12.1 Å². The van der Waals surface area contributed by atoms with E-state index in [2.05, 4.69) is 101 Å². The van der Waals surface area contributed by atoms with Crippen molar-refractivity contribution in [3.05, 3.63) is 20.3 Å². The summed E-state index contributed by atoms with van der Waals surface area (Å²) in [5.74, 6) is 0. The summed E-state index contributed by atoms with van der Waals surface area (Å²) in [6.07, 6.45) is 0. The zero-order valence-corrected chi connectivity index (χ0v) is 22.1. The molecular formula is C19H40ClN3SiTi. The molecule has 0 bridgehead atoms. The van der Waals surface area contributed by atoms with E-state index in [1.165, 1.54) is 11.3 Å². The maximum absolute atomic E-state index is 3.89. The fraction of sp³-hybridized carbons (Fsp3) is 0.789. The topological polar surface area (TPSA) is 18.5 Å². The molecule has 0 aromatic rings. The molecule has 0 amide bonds. The summed E-state index contributed by atoms with van der Waals surface area (Å²) in [7, 11) is 7.59. The minimum Gasteiger partial charge on any atom is -1.00 e. The fourth-order valence-corrected chi connectivity index (χ4v) is 12.3. The number of hydrogen-bond acceptors (Lipinski definition) is 3. The first kappa shape index (κ1) is 25.4. The summed E-state index contributed by atoms with van der Waals surface area (Å²) < 4.78 is 6.79. The fourth-order valence-electron chi connectivity index (χ4n) is 3.64. The van der Waals surface area contributed by atoms with Crippen LogP contribution in [0.4, 0.5) is 0 Å². The van der Waals surface area contributed by atoms with E-state index in [4.69, 9.17) is 0 Å². The smallest absolute Gasteiger partial charge is 1.00 e. The Morgan fingerprint density at radius 2 is 1.36 bits per heavy atom. The third-order valence-electron chi connectivity index (χ3n) is 4.76. The molecule has 1 aliphatic carbocycles. The second kappa shape index (κ2) is 8.20. The van der Waals surface area contributed by atoms with Gasteiger partial charge in [-0.3, -0.25) is 0 Å². The van der Waals surface area contributed by atoms with Crippen molar-refractivity contribution in [3.63, 3.8) is 0 Å². The summed E-state index contributed by atoms with van der Waals surface area (Å²) in [6, 6.07) is 0. The first-order chi connectivity index (χ1) is 10.5. The van der Waals surface area contributed by atoms with Gasteiger partial charge in [0.15, 0.2) is 0 Å². The molecule has 0 saturated carbocycles. The molecule has 3 nitrogen and oxygen atoms in total. The van der Waals surface area contributed by atoms with Gasteiger partial charge in [-0.05, 0) is 0 Å². The van der Waals surface area contributed by atoms with Crippen LogP contribution in [0.3, 0.4) is 0 Å². The summed E-state index contributed by atoms with van der Waals surface area (Å²) in [4.78, 5) is 0. The van der Waals surface area contributed by atoms with E-state index < -0.39 is 26.5 Å². The van der Waals surface area contributed by atoms with Crippen LogP contribution in [0, 0.1) is 5.41 Å². The van der Waals surface area contributed by atoms with Crippen LogP contribution in [0.5, 0.6) is 0 Å². The second-order valence-corrected chi connectivity index (χ2v) is 19.7. The van der Waals surface area contributed by atoms with E-state index in [-0.39, 0.29) is 23.4 Å². The van der Waals surface area contributed by atoms with E-state index >= 15 is 0 Å². The molecule has 1 rings (SSSR count). The molecule has 146 valence electrons. The number of nitrogens with zero attached hydrogens (tertiary/aromatic N) is 2. The molecule has 0 aromatic carbocycles. The Morgan fingerprint density at radius 3 is 1.64 bits per heavy atom. The van der Waals surface area contributed by atoms with Crippen molar-refractivity contribution < 1.29 is 30.8 Å². The largest absolute Gasteiger partial charge is 1.00 e. The zero-order valence-electron chi connectivity index (χ0n) is 18.8. The predicted octanol–water partition coefficient (Wildman–Crippen LogP) is 1.40. The molecule has 0 aliphatic heterocycles. The summed E-state index contributed by atoms with van der Waals surface area (Å²) >= 11 is -1.70. The Kier molecular flexibility index (Phi) is 8.34. The van der Waals surface area contributed by atoms with Gasteiger partial charge in [0.25, 0.3) is 0 Å². The predicted molar refractivity (Wildman–Crippen MR) is 107 cm³/mol. The van der Waals surface area contributed by atoms with Gasteiger partial charge >= 0.3 is 159 Å². The van der Waals surface area contributed by atoms with Gasteiger partial charge in [0.1, 0.15) is 0 Å². The summed E-state index contributed by atoms with van der Waals surface area (Å²) in [5.41, 5.74) is 3.21. The van der Waals surface area contributed by atoms with Crippen molar-refractivity contribution in [3.8, 4) is 0 Å². The maximum Gasteiger partial charge on any atom is -1.00 e. The maximum atomic E-state index is 3.89. The number of rotatable bonds is 5. The number of halogens is 1.